The molecule has 0 amide bonds. The molecule has 27 heavy (non-hydrogen) atoms. The summed E-state index contributed by atoms with van der Waals surface area (Å²) >= 11 is 6.67. The molecule has 0 bridgehead atoms. The number of nitrogen functional groups attached to an aromatic ring is 1. The molecule has 0 radical (unpaired) electrons. The molecule has 130 valence electrons. The monoisotopic (exact) mass is 369 g/mol. The van der Waals surface area contributed by atoms with Crippen molar-refractivity contribution in [2.24, 2.45) is 0 Å². The minimum Gasteiger partial charge on any atom is -0.455 e. The van der Waals surface area contributed by atoms with Gasteiger partial charge in [0.15, 0.2) is 0 Å². The molecule has 1 aromatic heterocycles. The molecule has 5 aromatic rings. The molecule has 0 atom stereocenters. The fourth-order valence-electron chi connectivity index (χ4n) is 3.69. The van der Waals surface area contributed by atoms with Crippen molar-refractivity contribution in [1.82, 2.24) is 0 Å². The average molecular weight is 370 g/mol. The molecule has 0 aliphatic carbocycles. The predicted octanol–water partition coefficient (Wildman–Crippen LogP) is 7.16. The number of halogens is 1. The van der Waals surface area contributed by atoms with Gasteiger partial charge in [0.2, 0.25) is 0 Å². The van der Waals surface area contributed by atoms with Gasteiger partial charge in [-0.2, -0.15) is 0 Å². The molecule has 0 unspecified atom stereocenters. The van der Waals surface area contributed by atoms with E-state index in [1.165, 1.54) is 0 Å². The molecule has 0 saturated carbocycles. The number of para-hydroxylation sites is 2. The van der Waals surface area contributed by atoms with Crippen LogP contribution in [0.25, 0.3) is 44.2 Å². The van der Waals surface area contributed by atoms with E-state index in [0.717, 1.165) is 44.2 Å². The maximum Gasteiger partial charge on any atom is 0.145 e. The number of furan rings is 1. The summed E-state index contributed by atoms with van der Waals surface area (Å²) in [5.41, 5.74) is 10.7. The topological polar surface area (TPSA) is 39.2 Å². The number of rotatable bonds is 2. The first-order valence-corrected chi connectivity index (χ1v) is 9.16. The summed E-state index contributed by atoms with van der Waals surface area (Å²) < 4.78 is 6.34. The van der Waals surface area contributed by atoms with Gasteiger partial charge in [-0.1, -0.05) is 78.3 Å². The van der Waals surface area contributed by atoms with Crippen molar-refractivity contribution in [3.63, 3.8) is 0 Å². The normalized spacial score (nSPS) is 11.3. The maximum atomic E-state index is 6.67. The molecule has 2 N–H and O–H groups in total. The van der Waals surface area contributed by atoms with Crippen LogP contribution in [0.4, 0.5) is 5.69 Å². The maximum absolute atomic E-state index is 6.67. The van der Waals surface area contributed by atoms with E-state index in [1.807, 2.05) is 66.7 Å². The molecule has 0 aliphatic heterocycles. The lowest BCUT2D eigenvalue weighted by Gasteiger charge is -2.11. The Hall–Kier alpha value is -3.23. The third-order valence-corrected chi connectivity index (χ3v) is 5.25. The highest BCUT2D eigenvalue weighted by Gasteiger charge is 2.22. The second-order valence-corrected chi connectivity index (χ2v) is 6.94. The molecule has 0 saturated heterocycles. The number of benzene rings is 4. The Labute approximate surface area is 161 Å². The van der Waals surface area contributed by atoms with Crippen molar-refractivity contribution in [3.05, 3.63) is 90.0 Å². The van der Waals surface area contributed by atoms with E-state index >= 15 is 0 Å². The summed E-state index contributed by atoms with van der Waals surface area (Å²) in [5.74, 6) is 0.746. The molecule has 3 heteroatoms. The van der Waals surface area contributed by atoms with E-state index in [4.69, 9.17) is 21.8 Å². The van der Waals surface area contributed by atoms with Crippen molar-refractivity contribution in [2.45, 2.75) is 0 Å². The van der Waals surface area contributed by atoms with Gasteiger partial charge in [-0.25, -0.2) is 0 Å². The van der Waals surface area contributed by atoms with Crippen LogP contribution in [0.3, 0.4) is 0 Å². The largest absolute Gasteiger partial charge is 0.455 e. The van der Waals surface area contributed by atoms with E-state index in [2.05, 4.69) is 18.2 Å². The second-order valence-electron chi connectivity index (χ2n) is 6.53. The number of fused-ring (bicyclic) bond motifs is 2. The summed E-state index contributed by atoms with van der Waals surface area (Å²) in [7, 11) is 0. The van der Waals surface area contributed by atoms with Gasteiger partial charge in [0, 0.05) is 27.8 Å². The zero-order valence-corrected chi connectivity index (χ0v) is 15.2. The Kier molecular flexibility index (Phi) is 3.66. The first-order chi connectivity index (χ1) is 13.2. The molecule has 5 rings (SSSR count). The smallest absolute Gasteiger partial charge is 0.145 e. The third kappa shape index (κ3) is 2.49. The van der Waals surface area contributed by atoms with Gasteiger partial charge in [-0.15, -0.1) is 0 Å². The van der Waals surface area contributed by atoms with Crippen LogP contribution >= 0.6 is 11.6 Å². The number of hydrogen-bond donors (Lipinski definition) is 1. The Morgan fingerprint density at radius 1 is 0.667 bits per heavy atom. The molecule has 2 nitrogen and oxygen atoms in total. The van der Waals surface area contributed by atoms with Crippen molar-refractivity contribution < 1.29 is 4.42 Å². The number of nitrogens with two attached hydrogens (primary N) is 1. The van der Waals surface area contributed by atoms with Crippen LogP contribution in [0.15, 0.2) is 89.3 Å². The van der Waals surface area contributed by atoms with Crippen LogP contribution < -0.4 is 5.73 Å². The molecule has 0 fully saturated rings. The van der Waals surface area contributed by atoms with E-state index < -0.39 is 0 Å². The highest BCUT2D eigenvalue weighted by Crippen LogP contribution is 2.46. The summed E-state index contributed by atoms with van der Waals surface area (Å²) in [5, 5.41) is 3.85. The summed E-state index contributed by atoms with van der Waals surface area (Å²) in [6.07, 6.45) is 0. The SMILES string of the molecule is Nc1ccccc1-c1c(-c2c(Cl)ccc3ccccc23)oc2ccccc12. The lowest BCUT2D eigenvalue weighted by atomic mass is 9.94. The van der Waals surface area contributed by atoms with E-state index in [9.17, 15) is 0 Å². The number of hydrogen-bond acceptors (Lipinski definition) is 2. The Balaban J connectivity index is 1.95. The number of anilines is 1. The van der Waals surface area contributed by atoms with Crippen LogP contribution in [0.2, 0.25) is 5.02 Å². The predicted molar refractivity (Wildman–Crippen MR) is 114 cm³/mol. The first-order valence-electron chi connectivity index (χ1n) is 8.78. The van der Waals surface area contributed by atoms with Crippen LogP contribution in [0.1, 0.15) is 0 Å². The minimum atomic E-state index is 0.656. The summed E-state index contributed by atoms with van der Waals surface area (Å²) in [6, 6.07) is 28.0. The van der Waals surface area contributed by atoms with Crippen LogP contribution in [0, 0.1) is 0 Å². The van der Waals surface area contributed by atoms with E-state index in [1.54, 1.807) is 0 Å². The summed E-state index contributed by atoms with van der Waals surface area (Å²) in [6.45, 7) is 0. The van der Waals surface area contributed by atoms with Gasteiger partial charge < -0.3 is 10.2 Å². The molecule has 0 aliphatic rings. The Morgan fingerprint density at radius 2 is 1.37 bits per heavy atom. The lowest BCUT2D eigenvalue weighted by molar-refractivity contribution is 0.633. The highest BCUT2D eigenvalue weighted by molar-refractivity contribution is 6.35. The lowest BCUT2D eigenvalue weighted by Crippen LogP contribution is -1.91. The van der Waals surface area contributed by atoms with Gasteiger partial charge in [0.1, 0.15) is 11.3 Å². The van der Waals surface area contributed by atoms with Crippen LogP contribution in [-0.4, -0.2) is 0 Å². The van der Waals surface area contributed by atoms with Crippen molar-refractivity contribution in [2.75, 3.05) is 5.73 Å². The quantitative estimate of drug-likeness (QED) is 0.335. The molecule has 0 spiro atoms. The van der Waals surface area contributed by atoms with Crippen LogP contribution in [0.5, 0.6) is 0 Å². The third-order valence-electron chi connectivity index (χ3n) is 4.93. The Morgan fingerprint density at radius 3 is 2.22 bits per heavy atom. The summed E-state index contributed by atoms with van der Waals surface area (Å²) in [4.78, 5) is 0. The van der Waals surface area contributed by atoms with Crippen LogP contribution in [-0.2, 0) is 0 Å². The first kappa shape index (κ1) is 16.0. The molecular formula is C24H16ClNO. The van der Waals surface area contributed by atoms with Gasteiger partial charge in [0.05, 0.1) is 5.02 Å². The van der Waals surface area contributed by atoms with Gasteiger partial charge in [-0.3, -0.25) is 0 Å². The standard InChI is InChI=1S/C24H16ClNO/c25-19-14-13-15-7-1-2-8-16(15)23(19)24-22(17-9-3-5-11-20(17)26)18-10-4-6-12-21(18)27-24/h1-14H,26H2. The fraction of sp³-hybridized carbons (Fsp3) is 0. The van der Waals surface area contributed by atoms with Crippen molar-refractivity contribution >= 4 is 39.0 Å². The van der Waals surface area contributed by atoms with Crippen molar-refractivity contribution in [1.29, 1.82) is 0 Å². The van der Waals surface area contributed by atoms with Gasteiger partial charge in [-0.05, 0) is 29.0 Å². The minimum absolute atomic E-state index is 0.656. The second kappa shape index (κ2) is 6.19. The molecule has 1 heterocycles. The Bertz CT molecular complexity index is 1300. The van der Waals surface area contributed by atoms with E-state index in [-0.39, 0.29) is 0 Å². The average Bonchev–Trinajstić information content (AvgIpc) is 3.07. The highest BCUT2D eigenvalue weighted by atomic mass is 35.5. The zero-order valence-electron chi connectivity index (χ0n) is 14.4. The van der Waals surface area contributed by atoms with Gasteiger partial charge >= 0.3 is 0 Å². The van der Waals surface area contributed by atoms with Gasteiger partial charge in [0.25, 0.3) is 0 Å². The van der Waals surface area contributed by atoms with E-state index in [0.29, 0.717) is 10.7 Å². The molecule has 4 aromatic carbocycles. The van der Waals surface area contributed by atoms with Crippen molar-refractivity contribution in [3.8, 4) is 22.5 Å². The fourth-order valence-corrected chi connectivity index (χ4v) is 3.94. The molecular weight excluding hydrogens is 354 g/mol. The zero-order chi connectivity index (χ0) is 18.4.